The summed E-state index contributed by atoms with van der Waals surface area (Å²) in [5.41, 5.74) is 1.43. The maximum Gasteiger partial charge on any atom is 0.257 e. The third-order valence-corrected chi connectivity index (χ3v) is 3.43. The number of aromatic nitrogens is 2. The summed E-state index contributed by atoms with van der Waals surface area (Å²) < 4.78 is 1.67. The van der Waals surface area contributed by atoms with Gasteiger partial charge in [-0.25, -0.2) is 0 Å². The molecule has 1 amide bonds. The van der Waals surface area contributed by atoms with Gasteiger partial charge in [0.1, 0.15) is 0 Å². The fourth-order valence-electron chi connectivity index (χ4n) is 2.10. The molecule has 2 heterocycles. The van der Waals surface area contributed by atoms with Gasteiger partial charge in [-0.3, -0.25) is 9.48 Å². The van der Waals surface area contributed by atoms with Gasteiger partial charge in [-0.15, -0.1) is 0 Å². The summed E-state index contributed by atoms with van der Waals surface area (Å²) in [7, 11) is 3.52. The average Bonchev–Trinajstić information content (AvgIpc) is 2.86. The number of amides is 1. The standard InChI is InChI=1S/C11H18N4O2/c1-7-8(4-13-15(7)3)11(17)14(2)9-5-12-6-10(9)16/h4,9-10,12,16H,5-6H2,1-3H3/t9-,10-/m1/s1. The highest BCUT2D eigenvalue weighted by atomic mass is 16.3. The second-order valence-corrected chi connectivity index (χ2v) is 4.48. The molecule has 1 aromatic rings. The second-order valence-electron chi connectivity index (χ2n) is 4.48. The van der Waals surface area contributed by atoms with Crippen molar-refractivity contribution in [2.24, 2.45) is 7.05 Å². The van der Waals surface area contributed by atoms with E-state index in [9.17, 15) is 9.90 Å². The van der Waals surface area contributed by atoms with Crippen LogP contribution in [-0.2, 0) is 7.05 Å². The molecule has 17 heavy (non-hydrogen) atoms. The Balaban J connectivity index is 2.17. The van der Waals surface area contributed by atoms with Crippen molar-refractivity contribution in [2.45, 2.75) is 19.1 Å². The minimum atomic E-state index is -0.499. The van der Waals surface area contributed by atoms with Crippen molar-refractivity contribution in [3.63, 3.8) is 0 Å². The van der Waals surface area contributed by atoms with E-state index in [0.29, 0.717) is 18.7 Å². The van der Waals surface area contributed by atoms with Crippen molar-refractivity contribution < 1.29 is 9.90 Å². The summed E-state index contributed by atoms with van der Waals surface area (Å²) in [6.45, 7) is 3.02. The summed E-state index contributed by atoms with van der Waals surface area (Å²) in [6.07, 6.45) is 1.07. The van der Waals surface area contributed by atoms with Crippen molar-refractivity contribution in [1.82, 2.24) is 20.0 Å². The number of carbonyl (C=O) groups excluding carboxylic acids is 1. The molecule has 1 saturated heterocycles. The highest BCUT2D eigenvalue weighted by Crippen LogP contribution is 2.14. The molecule has 0 unspecified atom stereocenters. The van der Waals surface area contributed by atoms with Crippen LogP contribution in [-0.4, -0.2) is 58.0 Å². The van der Waals surface area contributed by atoms with Crippen LogP contribution in [0.3, 0.4) is 0 Å². The molecule has 0 spiro atoms. The molecular weight excluding hydrogens is 220 g/mol. The van der Waals surface area contributed by atoms with E-state index in [1.54, 1.807) is 29.9 Å². The van der Waals surface area contributed by atoms with Gasteiger partial charge in [-0.05, 0) is 6.92 Å². The number of carbonyl (C=O) groups is 1. The summed E-state index contributed by atoms with van der Waals surface area (Å²) in [6, 6.07) is -0.165. The number of rotatable bonds is 2. The Morgan fingerprint density at radius 1 is 1.65 bits per heavy atom. The first-order valence-electron chi connectivity index (χ1n) is 5.67. The van der Waals surface area contributed by atoms with Gasteiger partial charge in [0.2, 0.25) is 0 Å². The summed E-state index contributed by atoms with van der Waals surface area (Å²) >= 11 is 0. The van der Waals surface area contributed by atoms with Crippen molar-refractivity contribution in [2.75, 3.05) is 20.1 Å². The number of likely N-dealkylation sites (N-methyl/N-ethyl adjacent to an activating group) is 1. The molecule has 1 aliphatic heterocycles. The second kappa shape index (κ2) is 4.46. The first-order chi connectivity index (χ1) is 8.02. The lowest BCUT2D eigenvalue weighted by molar-refractivity contribution is 0.0580. The van der Waals surface area contributed by atoms with Crippen LogP contribution in [0.15, 0.2) is 6.20 Å². The van der Waals surface area contributed by atoms with Crippen LogP contribution in [0, 0.1) is 6.92 Å². The minimum absolute atomic E-state index is 0.0941. The number of nitrogens with one attached hydrogen (secondary N) is 1. The molecule has 2 atom stereocenters. The van der Waals surface area contributed by atoms with Crippen LogP contribution >= 0.6 is 0 Å². The van der Waals surface area contributed by atoms with E-state index in [1.807, 2.05) is 6.92 Å². The molecule has 6 nitrogen and oxygen atoms in total. The van der Waals surface area contributed by atoms with E-state index in [0.717, 1.165) is 5.69 Å². The Morgan fingerprint density at radius 2 is 2.35 bits per heavy atom. The first kappa shape index (κ1) is 12.1. The zero-order valence-corrected chi connectivity index (χ0v) is 10.3. The van der Waals surface area contributed by atoms with Gasteiger partial charge in [-0.1, -0.05) is 0 Å². The lowest BCUT2D eigenvalue weighted by atomic mass is 10.1. The molecule has 2 N–H and O–H groups in total. The predicted octanol–water partition coefficient (Wildman–Crippen LogP) is -0.867. The molecular formula is C11H18N4O2. The normalized spacial score (nSPS) is 24.0. The van der Waals surface area contributed by atoms with E-state index in [1.165, 1.54) is 0 Å². The zero-order valence-electron chi connectivity index (χ0n) is 10.3. The summed E-state index contributed by atoms with van der Waals surface area (Å²) in [5, 5.41) is 16.9. The van der Waals surface area contributed by atoms with Crippen molar-refractivity contribution in [3.05, 3.63) is 17.5 Å². The van der Waals surface area contributed by atoms with E-state index in [-0.39, 0.29) is 11.9 Å². The van der Waals surface area contributed by atoms with Crippen LogP contribution < -0.4 is 5.32 Å². The van der Waals surface area contributed by atoms with Crippen LogP contribution in [0.2, 0.25) is 0 Å². The topological polar surface area (TPSA) is 70.4 Å². The van der Waals surface area contributed by atoms with E-state index < -0.39 is 6.10 Å². The molecule has 0 aliphatic carbocycles. The van der Waals surface area contributed by atoms with Crippen LogP contribution in [0.5, 0.6) is 0 Å². The average molecular weight is 238 g/mol. The summed E-state index contributed by atoms with van der Waals surface area (Å²) in [5.74, 6) is -0.0941. The van der Waals surface area contributed by atoms with E-state index >= 15 is 0 Å². The molecule has 1 fully saturated rings. The minimum Gasteiger partial charge on any atom is -0.390 e. The Hall–Kier alpha value is -1.40. The lowest BCUT2D eigenvalue weighted by Crippen LogP contribution is -2.44. The molecule has 6 heteroatoms. The Labute approximate surface area is 100 Å². The molecule has 0 radical (unpaired) electrons. The van der Waals surface area contributed by atoms with Crippen LogP contribution in [0.4, 0.5) is 0 Å². The van der Waals surface area contributed by atoms with Crippen molar-refractivity contribution in [3.8, 4) is 0 Å². The number of hydrogen-bond acceptors (Lipinski definition) is 4. The highest BCUT2D eigenvalue weighted by molar-refractivity contribution is 5.95. The van der Waals surface area contributed by atoms with Gasteiger partial charge in [0.05, 0.1) is 23.9 Å². The Kier molecular flexibility index (Phi) is 3.17. The predicted molar refractivity (Wildman–Crippen MR) is 62.7 cm³/mol. The van der Waals surface area contributed by atoms with Gasteiger partial charge in [0.15, 0.2) is 0 Å². The number of aliphatic hydroxyl groups excluding tert-OH is 1. The summed E-state index contributed by atoms with van der Waals surface area (Å²) in [4.78, 5) is 13.8. The number of aliphatic hydroxyl groups is 1. The molecule has 0 aromatic carbocycles. The molecule has 0 saturated carbocycles. The maximum absolute atomic E-state index is 12.2. The Bertz CT molecular complexity index is 429. The van der Waals surface area contributed by atoms with E-state index in [4.69, 9.17) is 0 Å². The van der Waals surface area contributed by atoms with E-state index in [2.05, 4.69) is 10.4 Å². The van der Waals surface area contributed by atoms with Crippen molar-refractivity contribution in [1.29, 1.82) is 0 Å². The number of β-amino-alcohol motifs (C(OH)–C–C–N with tert-alkyl or cyclic N) is 1. The van der Waals surface area contributed by atoms with Gasteiger partial charge in [-0.2, -0.15) is 5.10 Å². The lowest BCUT2D eigenvalue weighted by Gasteiger charge is -2.26. The highest BCUT2D eigenvalue weighted by Gasteiger charge is 2.32. The van der Waals surface area contributed by atoms with Crippen LogP contribution in [0.25, 0.3) is 0 Å². The van der Waals surface area contributed by atoms with Crippen LogP contribution in [0.1, 0.15) is 16.1 Å². The molecule has 2 rings (SSSR count). The fourth-order valence-corrected chi connectivity index (χ4v) is 2.10. The number of nitrogens with zero attached hydrogens (tertiary/aromatic N) is 3. The monoisotopic (exact) mass is 238 g/mol. The number of hydrogen-bond donors (Lipinski definition) is 2. The number of aryl methyl sites for hydroxylation is 1. The van der Waals surface area contributed by atoms with Gasteiger partial charge >= 0.3 is 0 Å². The SMILES string of the molecule is Cc1c(C(=O)N(C)[C@@H]2CNC[C@H]2O)cnn1C. The maximum atomic E-state index is 12.2. The fraction of sp³-hybridized carbons (Fsp3) is 0.636. The molecule has 0 bridgehead atoms. The smallest absolute Gasteiger partial charge is 0.257 e. The molecule has 1 aliphatic rings. The Morgan fingerprint density at radius 3 is 2.82 bits per heavy atom. The zero-order chi connectivity index (χ0) is 12.6. The molecule has 1 aromatic heterocycles. The largest absolute Gasteiger partial charge is 0.390 e. The third kappa shape index (κ3) is 2.05. The first-order valence-corrected chi connectivity index (χ1v) is 5.67. The quantitative estimate of drug-likeness (QED) is 0.703. The van der Waals surface area contributed by atoms with Gasteiger partial charge in [0, 0.05) is 32.9 Å². The molecule has 94 valence electrons. The third-order valence-electron chi connectivity index (χ3n) is 3.43. The van der Waals surface area contributed by atoms with Gasteiger partial charge in [0.25, 0.3) is 5.91 Å². The van der Waals surface area contributed by atoms with Crippen molar-refractivity contribution >= 4 is 5.91 Å². The van der Waals surface area contributed by atoms with Gasteiger partial charge < -0.3 is 15.3 Å².